The standard InChI is InChI=1S/C13H26N2O2/c1-10(2)12(9-16)15-13(17)4-3-11-5-7-14-8-6-11/h10-12,14,16H,3-9H2,1-2H3,(H,15,17). The van der Waals surface area contributed by atoms with Gasteiger partial charge in [0.25, 0.3) is 0 Å². The Hall–Kier alpha value is -0.610. The molecule has 1 aliphatic rings. The summed E-state index contributed by atoms with van der Waals surface area (Å²) in [5.41, 5.74) is 0. The van der Waals surface area contributed by atoms with E-state index < -0.39 is 0 Å². The highest BCUT2D eigenvalue weighted by molar-refractivity contribution is 5.76. The predicted octanol–water partition coefficient (Wildman–Crippen LogP) is 0.899. The largest absolute Gasteiger partial charge is 0.394 e. The highest BCUT2D eigenvalue weighted by atomic mass is 16.3. The second-order valence-electron chi connectivity index (χ2n) is 5.33. The third-order valence-electron chi connectivity index (χ3n) is 3.59. The molecular weight excluding hydrogens is 216 g/mol. The van der Waals surface area contributed by atoms with Crippen LogP contribution in [-0.2, 0) is 4.79 Å². The summed E-state index contributed by atoms with van der Waals surface area (Å²) in [5, 5.41) is 15.4. The van der Waals surface area contributed by atoms with Gasteiger partial charge in [0.1, 0.15) is 0 Å². The minimum atomic E-state index is -0.101. The highest BCUT2D eigenvalue weighted by Crippen LogP contribution is 2.17. The van der Waals surface area contributed by atoms with E-state index in [0.717, 1.165) is 19.5 Å². The summed E-state index contributed by atoms with van der Waals surface area (Å²) in [5.74, 6) is 1.05. The molecule has 4 heteroatoms. The molecule has 1 fully saturated rings. The number of nitrogens with one attached hydrogen (secondary N) is 2. The minimum Gasteiger partial charge on any atom is -0.394 e. The molecule has 0 spiro atoms. The van der Waals surface area contributed by atoms with Crippen LogP contribution in [0.2, 0.25) is 0 Å². The molecule has 4 nitrogen and oxygen atoms in total. The van der Waals surface area contributed by atoms with Gasteiger partial charge >= 0.3 is 0 Å². The Morgan fingerprint density at radius 2 is 2.06 bits per heavy atom. The zero-order valence-corrected chi connectivity index (χ0v) is 11.0. The Bertz CT molecular complexity index is 225. The lowest BCUT2D eigenvalue weighted by Gasteiger charge is -2.23. The maximum absolute atomic E-state index is 11.7. The summed E-state index contributed by atoms with van der Waals surface area (Å²) in [6, 6.07) is -0.101. The smallest absolute Gasteiger partial charge is 0.220 e. The Balaban J connectivity index is 2.19. The Labute approximate surface area is 104 Å². The molecule has 1 atom stereocenters. The van der Waals surface area contributed by atoms with Crippen LogP contribution in [0.5, 0.6) is 0 Å². The first-order valence-electron chi connectivity index (χ1n) is 6.74. The van der Waals surface area contributed by atoms with Crippen molar-refractivity contribution < 1.29 is 9.90 Å². The van der Waals surface area contributed by atoms with Crippen LogP contribution >= 0.6 is 0 Å². The Morgan fingerprint density at radius 3 is 2.59 bits per heavy atom. The van der Waals surface area contributed by atoms with Gasteiger partial charge in [-0.2, -0.15) is 0 Å². The Morgan fingerprint density at radius 1 is 1.41 bits per heavy atom. The van der Waals surface area contributed by atoms with Crippen molar-refractivity contribution >= 4 is 5.91 Å². The monoisotopic (exact) mass is 242 g/mol. The molecular formula is C13H26N2O2. The third-order valence-corrected chi connectivity index (χ3v) is 3.59. The van der Waals surface area contributed by atoms with Crippen LogP contribution in [-0.4, -0.2) is 36.8 Å². The van der Waals surface area contributed by atoms with E-state index >= 15 is 0 Å². The van der Waals surface area contributed by atoms with Gasteiger partial charge in [-0.3, -0.25) is 4.79 Å². The summed E-state index contributed by atoms with van der Waals surface area (Å²) in [7, 11) is 0. The fourth-order valence-corrected chi connectivity index (χ4v) is 2.21. The second-order valence-corrected chi connectivity index (χ2v) is 5.33. The zero-order valence-electron chi connectivity index (χ0n) is 11.0. The number of carbonyl (C=O) groups is 1. The molecule has 100 valence electrons. The van der Waals surface area contributed by atoms with Gasteiger partial charge in [-0.25, -0.2) is 0 Å². The van der Waals surface area contributed by atoms with Crippen LogP contribution in [0.3, 0.4) is 0 Å². The summed E-state index contributed by atoms with van der Waals surface area (Å²) in [6.45, 7) is 6.20. The topological polar surface area (TPSA) is 61.4 Å². The highest BCUT2D eigenvalue weighted by Gasteiger charge is 2.17. The van der Waals surface area contributed by atoms with E-state index in [2.05, 4.69) is 10.6 Å². The van der Waals surface area contributed by atoms with Crippen molar-refractivity contribution in [2.45, 2.75) is 45.6 Å². The molecule has 1 heterocycles. The fraction of sp³-hybridized carbons (Fsp3) is 0.923. The van der Waals surface area contributed by atoms with Gasteiger partial charge in [-0.1, -0.05) is 13.8 Å². The molecule has 0 saturated carbocycles. The van der Waals surface area contributed by atoms with E-state index in [1.54, 1.807) is 0 Å². The van der Waals surface area contributed by atoms with Gasteiger partial charge in [-0.15, -0.1) is 0 Å². The number of hydrogen-bond donors (Lipinski definition) is 3. The van der Waals surface area contributed by atoms with Crippen LogP contribution in [0.4, 0.5) is 0 Å². The van der Waals surface area contributed by atoms with Crippen LogP contribution in [0.25, 0.3) is 0 Å². The molecule has 1 amide bonds. The maximum Gasteiger partial charge on any atom is 0.220 e. The van der Waals surface area contributed by atoms with Crippen molar-refractivity contribution in [2.24, 2.45) is 11.8 Å². The molecule has 0 radical (unpaired) electrons. The first-order chi connectivity index (χ1) is 8.13. The van der Waals surface area contributed by atoms with Crippen molar-refractivity contribution in [1.29, 1.82) is 0 Å². The van der Waals surface area contributed by atoms with Crippen LogP contribution in [0.1, 0.15) is 39.5 Å². The molecule has 0 bridgehead atoms. The number of aliphatic hydroxyl groups is 1. The van der Waals surface area contributed by atoms with Gasteiger partial charge < -0.3 is 15.7 Å². The molecule has 1 unspecified atom stereocenters. The number of rotatable bonds is 6. The Kier molecular flexibility index (Phi) is 6.52. The lowest BCUT2D eigenvalue weighted by molar-refractivity contribution is -0.122. The third kappa shape index (κ3) is 5.50. The molecule has 0 aromatic carbocycles. The molecule has 1 saturated heterocycles. The number of aliphatic hydroxyl groups excluding tert-OH is 1. The van der Waals surface area contributed by atoms with Crippen molar-refractivity contribution in [3.63, 3.8) is 0 Å². The summed E-state index contributed by atoms with van der Waals surface area (Å²) < 4.78 is 0. The van der Waals surface area contributed by atoms with Crippen LogP contribution in [0, 0.1) is 11.8 Å². The van der Waals surface area contributed by atoms with E-state index in [1.807, 2.05) is 13.8 Å². The number of carbonyl (C=O) groups excluding carboxylic acids is 1. The zero-order chi connectivity index (χ0) is 12.7. The number of hydrogen-bond acceptors (Lipinski definition) is 3. The number of piperidine rings is 1. The molecule has 0 aromatic heterocycles. The van der Waals surface area contributed by atoms with Gasteiger partial charge in [0.05, 0.1) is 12.6 Å². The molecule has 1 rings (SSSR count). The summed E-state index contributed by atoms with van der Waals surface area (Å²) in [4.78, 5) is 11.7. The first kappa shape index (κ1) is 14.5. The van der Waals surface area contributed by atoms with Crippen molar-refractivity contribution in [2.75, 3.05) is 19.7 Å². The molecule has 1 aliphatic heterocycles. The first-order valence-corrected chi connectivity index (χ1v) is 6.74. The number of amides is 1. The van der Waals surface area contributed by atoms with Gasteiger partial charge in [0.15, 0.2) is 0 Å². The molecule has 0 aliphatic carbocycles. The van der Waals surface area contributed by atoms with E-state index in [9.17, 15) is 4.79 Å². The van der Waals surface area contributed by atoms with Gasteiger partial charge in [0, 0.05) is 6.42 Å². The average Bonchev–Trinajstić information content (AvgIpc) is 2.34. The van der Waals surface area contributed by atoms with E-state index in [-0.39, 0.29) is 24.5 Å². The van der Waals surface area contributed by atoms with Crippen molar-refractivity contribution in [3.8, 4) is 0 Å². The molecule has 0 aromatic rings. The molecule has 3 N–H and O–H groups in total. The predicted molar refractivity (Wildman–Crippen MR) is 68.7 cm³/mol. The average molecular weight is 242 g/mol. The molecule has 17 heavy (non-hydrogen) atoms. The maximum atomic E-state index is 11.7. The van der Waals surface area contributed by atoms with Crippen LogP contribution < -0.4 is 10.6 Å². The summed E-state index contributed by atoms with van der Waals surface area (Å²) >= 11 is 0. The van der Waals surface area contributed by atoms with E-state index in [1.165, 1.54) is 12.8 Å². The van der Waals surface area contributed by atoms with Crippen LogP contribution in [0.15, 0.2) is 0 Å². The normalized spacial score (nSPS) is 19.3. The quantitative estimate of drug-likeness (QED) is 0.648. The second kappa shape index (κ2) is 7.67. The van der Waals surface area contributed by atoms with Gasteiger partial charge in [0.2, 0.25) is 5.91 Å². The van der Waals surface area contributed by atoms with Crippen molar-refractivity contribution in [3.05, 3.63) is 0 Å². The van der Waals surface area contributed by atoms with Gasteiger partial charge in [-0.05, 0) is 44.2 Å². The summed E-state index contributed by atoms with van der Waals surface area (Å²) in [6.07, 6.45) is 3.93. The van der Waals surface area contributed by atoms with E-state index in [4.69, 9.17) is 5.11 Å². The lowest BCUT2D eigenvalue weighted by atomic mass is 9.93. The SMILES string of the molecule is CC(C)C(CO)NC(=O)CCC1CCNCC1. The van der Waals surface area contributed by atoms with E-state index in [0.29, 0.717) is 12.3 Å². The van der Waals surface area contributed by atoms with Crippen molar-refractivity contribution in [1.82, 2.24) is 10.6 Å². The fourth-order valence-electron chi connectivity index (χ4n) is 2.21. The lowest BCUT2D eigenvalue weighted by Crippen LogP contribution is -2.41. The minimum absolute atomic E-state index is 0.0246.